The number of aromatic nitrogens is 3. The number of hydrogen-bond acceptors (Lipinski definition) is 4. The van der Waals surface area contributed by atoms with Crippen LogP contribution in [0.1, 0.15) is 20.8 Å². The molecule has 2 aromatic carbocycles. The molecule has 0 saturated carbocycles. The molecule has 0 aliphatic carbocycles. The van der Waals surface area contributed by atoms with E-state index in [1.165, 1.54) is 18.3 Å². The van der Waals surface area contributed by atoms with Crippen molar-refractivity contribution in [3.05, 3.63) is 101 Å². The van der Waals surface area contributed by atoms with Crippen LogP contribution in [0.5, 0.6) is 0 Å². The number of nitrogens with one attached hydrogen (secondary N) is 2. The van der Waals surface area contributed by atoms with Crippen LogP contribution in [-0.4, -0.2) is 26.6 Å². The third kappa shape index (κ3) is 4.84. The smallest absolute Gasteiger partial charge is 0.274 e. The van der Waals surface area contributed by atoms with Gasteiger partial charge in [-0.25, -0.2) is 9.07 Å². The zero-order valence-corrected chi connectivity index (χ0v) is 17.5. The Morgan fingerprint density at radius 1 is 0.935 bits per heavy atom. The van der Waals surface area contributed by atoms with Crippen molar-refractivity contribution in [2.24, 2.45) is 0 Å². The van der Waals surface area contributed by atoms with Gasteiger partial charge in [-0.2, -0.15) is 5.10 Å². The third-order valence-corrected chi connectivity index (χ3v) is 4.73. The SMILES string of the molecule is O=C(Nc1cc(F)ccc1NC(=O)c1ccccn1)c1ccc(-n2cc(Br)cn2)cc1. The zero-order valence-electron chi connectivity index (χ0n) is 15.9. The number of carbonyl (C=O) groups excluding carboxylic acids is 2. The highest BCUT2D eigenvalue weighted by molar-refractivity contribution is 9.10. The van der Waals surface area contributed by atoms with Crippen LogP contribution in [0.2, 0.25) is 0 Å². The summed E-state index contributed by atoms with van der Waals surface area (Å²) in [7, 11) is 0. The molecule has 154 valence electrons. The standard InChI is InChI=1S/C22H15BrFN5O2/c23-15-12-26-29(13-15)17-7-4-14(5-8-17)21(30)28-20-11-16(24)6-9-18(20)27-22(31)19-3-1-2-10-25-19/h1-13H,(H,27,31)(H,28,30). The van der Waals surface area contributed by atoms with Gasteiger partial charge in [0, 0.05) is 18.0 Å². The van der Waals surface area contributed by atoms with Crippen molar-refractivity contribution in [2.75, 3.05) is 10.6 Å². The van der Waals surface area contributed by atoms with Gasteiger partial charge in [0.15, 0.2) is 0 Å². The molecule has 0 aliphatic heterocycles. The molecule has 9 heteroatoms. The molecule has 4 aromatic rings. The maximum atomic E-state index is 13.8. The Hall–Kier alpha value is -3.85. The largest absolute Gasteiger partial charge is 0.320 e. The van der Waals surface area contributed by atoms with Gasteiger partial charge in [0.1, 0.15) is 11.5 Å². The van der Waals surface area contributed by atoms with Gasteiger partial charge >= 0.3 is 0 Å². The molecule has 0 aliphatic rings. The minimum Gasteiger partial charge on any atom is -0.320 e. The summed E-state index contributed by atoms with van der Waals surface area (Å²) in [4.78, 5) is 29.1. The summed E-state index contributed by atoms with van der Waals surface area (Å²) in [6, 6.07) is 15.4. The van der Waals surface area contributed by atoms with Gasteiger partial charge in [-0.1, -0.05) is 6.07 Å². The molecule has 4 rings (SSSR count). The van der Waals surface area contributed by atoms with Crippen molar-refractivity contribution in [3.8, 4) is 5.69 Å². The Balaban J connectivity index is 1.52. The number of nitrogens with zero attached hydrogens (tertiary/aromatic N) is 3. The highest BCUT2D eigenvalue weighted by atomic mass is 79.9. The highest BCUT2D eigenvalue weighted by Crippen LogP contribution is 2.24. The second-order valence-electron chi connectivity index (χ2n) is 6.46. The number of halogens is 2. The molecule has 2 aromatic heterocycles. The third-order valence-electron chi connectivity index (χ3n) is 4.32. The Bertz CT molecular complexity index is 1240. The van der Waals surface area contributed by atoms with E-state index in [9.17, 15) is 14.0 Å². The van der Waals surface area contributed by atoms with Crippen LogP contribution < -0.4 is 10.6 Å². The molecule has 0 spiro atoms. The first kappa shape index (κ1) is 20.4. The molecule has 2 heterocycles. The van der Waals surface area contributed by atoms with Crippen molar-refractivity contribution in [1.29, 1.82) is 0 Å². The molecule has 0 unspecified atom stereocenters. The van der Waals surface area contributed by atoms with Crippen LogP contribution in [0, 0.1) is 5.82 Å². The van der Waals surface area contributed by atoms with Gasteiger partial charge in [0.25, 0.3) is 11.8 Å². The van der Waals surface area contributed by atoms with E-state index in [-0.39, 0.29) is 17.1 Å². The molecule has 2 amide bonds. The van der Waals surface area contributed by atoms with Gasteiger partial charge in [-0.3, -0.25) is 14.6 Å². The van der Waals surface area contributed by atoms with Crippen LogP contribution in [0.15, 0.2) is 83.7 Å². The fourth-order valence-electron chi connectivity index (χ4n) is 2.81. The average Bonchev–Trinajstić information content (AvgIpc) is 3.22. The predicted molar refractivity (Wildman–Crippen MR) is 118 cm³/mol. The summed E-state index contributed by atoms with van der Waals surface area (Å²) < 4.78 is 16.3. The molecular formula is C22H15BrFN5O2. The number of benzene rings is 2. The molecule has 0 fully saturated rings. The molecule has 0 saturated heterocycles. The highest BCUT2D eigenvalue weighted by Gasteiger charge is 2.14. The van der Waals surface area contributed by atoms with Crippen molar-refractivity contribution in [1.82, 2.24) is 14.8 Å². The zero-order chi connectivity index (χ0) is 21.8. The van der Waals surface area contributed by atoms with Crippen molar-refractivity contribution < 1.29 is 14.0 Å². The van der Waals surface area contributed by atoms with Crippen LogP contribution in [0.3, 0.4) is 0 Å². The van der Waals surface area contributed by atoms with E-state index < -0.39 is 17.6 Å². The van der Waals surface area contributed by atoms with Crippen LogP contribution in [0.25, 0.3) is 5.69 Å². The average molecular weight is 480 g/mol. The summed E-state index contributed by atoms with van der Waals surface area (Å²) in [5.41, 5.74) is 1.72. The van der Waals surface area contributed by atoms with Gasteiger partial charge in [-0.05, 0) is 70.5 Å². The maximum absolute atomic E-state index is 13.8. The van der Waals surface area contributed by atoms with Crippen LogP contribution in [-0.2, 0) is 0 Å². The van der Waals surface area contributed by atoms with Crippen molar-refractivity contribution in [2.45, 2.75) is 0 Å². The lowest BCUT2D eigenvalue weighted by Gasteiger charge is -2.13. The topological polar surface area (TPSA) is 88.9 Å². The van der Waals surface area contributed by atoms with E-state index in [0.29, 0.717) is 5.56 Å². The van der Waals surface area contributed by atoms with Crippen LogP contribution >= 0.6 is 15.9 Å². The van der Waals surface area contributed by atoms with Crippen LogP contribution in [0.4, 0.5) is 15.8 Å². The molecule has 0 atom stereocenters. The Morgan fingerprint density at radius 2 is 1.71 bits per heavy atom. The lowest BCUT2D eigenvalue weighted by Crippen LogP contribution is -2.17. The second-order valence-corrected chi connectivity index (χ2v) is 7.38. The number of anilines is 2. The normalized spacial score (nSPS) is 10.5. The van der Waals surface area contributed by atoms with E-state index in [2.05, 4.69) is 36.6 Å². The number of carbonyl (C=O) groups is 2. The lowest BCUT2D eigenvalue weighted by molar-refractivity contribution is 0.101. The predicted octanol–water partition coefficient (Wildman–Crippen LogP) is 4.67. The van der Waals surface area contributed by atoms with E-state index in [1.807, 2.05) is 0 Å². The fourth-order valence-corrected chi connectivity index (χ4v) is 3.10. The summed E-state index contributed by atoms with van der Waals surface area (Å²) in [6.07, 6.45) is 4.94. The Kier molecular flexibility index (Phi) is 5.85. The van der Waals surface area contributed by atoms with E-state index >= 15 is 0 Å². The number of rotatable bonds is 5. The van der Waals surface area contributed by atoms with E-state index in [1.54, 1.807) is 59.5 Å². The van der Waals surface area contributed by atoms with Gasteiger partial charge in [-0.15, -0.1) is 0 Å². The molecule has 31 heavy (non-hydrogen) atoms. The second kappa shape index (κ2) is 8.88. The first-order valence-corrected chi connectivity index (χ1v) is 9.93. The monoisotopic (exact) mass is 479 g/mol. The van der Waals surface area contributed by atoms with Gasteiger partial charge in [0.2, 0.25) is 0 Å². The quantitative estimate of drug-likeness (QED) is 0.435. The number of hydrogen-bond donors (Lipinski definition) is 2. The fraction of sp³-hybridized carbons (Fsp3) is 0. The van der Waals surface area contributed by atoms with Crippen molar-refractivity contribution in [3.63, 3.8) is 0 Å². The van der Waals surface area contributed by atoms with E-state index in [4.69, 9.17) is 0 Å². The number of amides is 2. The minimum atomic E-state index is -0.550. The first-order valence-electron chi connectivity index (χ1n) is 9.13. The molecule has 0 bridgehead atoms. The molecule has 2 N–H and O–H groups in total. The summed E-state index contributed by atoms with van der Waals surface area (Å²) >= 11 is 3.34. The van der Waals surface area contributed by atoms with Gasteiger partial charge in [0.05, 0.1) is 27.7 Å². The maximum Gasteiger partial charge on any atom is 0.274 e. The summed E-state index contributed by atoms with van der Waals surface area (Å²) in [5, 5.41) is 9.47. The minimum absolute atomic E-state index is 0.134. The van der Waals surface area contributed by atoms with Crippen molar-refractivity contribution >= 4 is 39.1 Å². The van der Waals surface area contributed by atoms with E-state index in [0.717, 1.165) is 16.2 Å². The Morgan fingerprint density at radius 3 is 2.39 bits per heavy atom. The first-order chi connectivity index (χ1) is 15.0. The summed E-state index contributed by atoms with van der Waals surface area (Å²) in [5.74, 6) is -1.48. The molecule has 0 radical (unpaired) electrons. The lowest BCUT2D eigenvalue weighted by atomic mass is 10.1. The Labute approximate surface area is 185 Å². The van der Waals surface area contributed by atoms with Gasteiger partial charge < -0.3 is 10.6 Å². The molecule has 7 nitrogen and oxygen atoms in total. The summed E-state index contributed by atoms with van der Waals surface area (Å²) in [6.45, 7) is 0. The number of pyridine rings is 1. The molecular weight excluding hydrogens is 465 g/mol.